The van der Waals surface area contributed by atoms with E-state index < -0.39 is 6.10 Å². The van der Waals surface area contributed by atoms with Crippen molar-refractivity contribution in [2.24, 2.45) is 0 Å². The molecule has 0 radical (unpaired) electrons. The van der Waals surface area contributed by atoms with Gasteiger partial charge in [-0.3, -0.25) is 14.4 Å². The molecule has 0 fully saturated rings. The molecular weight excluding hydrogens is 805 g/mol. The molecule has 0 aromatic rings. The smallest absolute Gasteiger partial charge is 0.306 e. The van der Waals surface area contributed by atoms with Crippen LogP contribution in [0.2, 0.25) is 0 Å². The second kappa shape index (κ2) is 54.5. The SMILES string of the molecule is CCCC/C=C\CCCCCCCC(=O)OC[C@H](COC(=O)CCCCCCCCCCCCCCCCCCC)OC(=O)CCCCCCCCCCC/C=C\CCCCCCCC. The third-order valence-electron chi connectivity index (χ3n) is 12.9. The number of carbonyl (C=O) groups excluding carboxylic acids is 3. The molecule has 0 spiro atoms. The second-order valence-electron chi connectivity index (χ2n) is 19.6. The molecule has 0 bridgehead atoms. The fourth-order valence-corrected chi connectivity index (χ4v) is 8.54. The van der Waals surface area contributed by atoms with Crippen LogP contribution in [0.1, 0.15) is 316 Å². The van der Waals surface area contributed by atoms with E-state index in [2.05, 4.69) is 45.1 Å². The maximum absolute atomic E-state index is 12.8. The van der Waals surface area contributed by atoms with Gasteiger partial charge >= 0.3 is 17.9 Å². The monoisotopic (exact) mass is 915 g/mol. The highest BCUT2D eigenvalue weighted by atomic mass is 16.6. The van der Waals surface area contributed by atoms with Gasteiger partial charge in [0, 0.05) is 19.3 Å². The topological polar surface area (TPSA) is 78.9 Å². The normalized spacial score (nSPS) is 12.1. The summed E-state index contributed by atoms with van der Waals surface area (Å²) >= 11 is 0. The summed E-state index contributed by atoms with van der Waals surface area (Å²) in [5.41, 5.74) is 0. The van der Waals surface area contributed by atoms with Crippen LogP contribution in [-0.2, 0) is 28.6 Å². The zero-order valence-corrected chi connectivity index (χ0v) is 43.8. The number of carbonyl (C=O) groups is 3. The summed E-state index contributed by atoms with van der Waals surface area (Å²) in [5, 5.41) is 0. The Kier molecular flexibility index (Phi) is 52.7. The molecule has 0 saturated carbocycles. The molecule has 0 amide bonds. The molecule has 6 heteroatoms. The van der Waals surface area contributed by atoms with Gasteiger partial charge in [-0.05, 0) is 64.2 Å². The zero-order chi connectivity index (χ0) is 47.2. The maximum atomic E-state index is 12.8. The Morgan fingerprint density at radius 2 is 0.523 bits per heavy atom. The van der Waals surface area contributed by atoms with Crippen LogP contribution in [0.25, 0.3) is 0 Å². The second-order valence-corrected chi connectivity index (χ2v) is 19.6. The van der Waals surface area contributed by atoms with Gasteiger partial charge in [-0.2, -0.15) is 0 Å². The predicted octanol–water partition coefficient (Wildman–Crippen LogP) is 19.1. The average molecular weight is 916 g/mol. The van der Waals surface area contributed by atoms with E-state index in [1.165, 1.54) is 212 Å². The molecule has 0 aliphatic rings. The van der Waals surface area contributed by atoms with E-state index in [1.54, 1.807) is 0 Å². The molecule has 65 heavy (non-hydrogen) atoms. The molecule has 0 aliphatic carbocycles. The summed E-state index contributed by atoms with van der Waals surface area (Å²) in [4.78, 5) is 38.1. The molecule has 0 N–H and O–H groups in total. The number of unbranched alkanes of at least 4 members (excludes halogenated alkanes) is 38. The van der Waals surface area contributed by atoms with E-state index in [-0.39, 0.29) is 31.1 Å². The van der Waals surface area contributed by atoms with Crippen LogP contribution in [0.4, 0.5) is 0 Å². The van der Waals surface area contributed by atoms with E-state index in [4.69, 9.17) is 14.2 Å². The highest BCUT2D eigenvalue weighted by Gasteiger charge is 2.19. The molecule has 0 aromatic carbocycles. The van der Waals surface area contributed by atoms with E-state index in [0.29, 0.717) is 19.3 Å². The lowest BCUT2D eigenvalue weighted by atomic mass is 10.0. The molecule has 382 valence electrons. The molecule has 1 atom stereocenters. The van der Waals surface area contributed by atoms with Gasteiger partial charge in [0.1, 0.15) is 13.2 Å². The number of ether oxygens (including phenoxy) is 3. The summed E-state index contributed by atoms with van der Waals surface area (Å²) < 4.78 is 16.9. The molecule has 0 rings (SSSR count). The van der Waals surface area contributed by atoms with Crippen molar-refractivity contribution in [3.8, 4) is 0 Å². The van der Waals surface area contributed by atoms with Crippen LogP contribution in [0.3, 0.4) is 0 Å². The molecule has 0 aromatic heterocycles. The number of allylic oxidation sites excluding steroid dienone is 4. The maximum Gasteiger partial charge on any atom is 0.306 e. The van der Waals surface area contributed by atoms with Gasteiger partial charge in [0.15, 0.2) is 6.10 Å². The van der Waals surface area contributed by atoms with Crippen molar-refractivity contribution in [3.63, 3.8) is 0 Å². The van der Waals surface area contributed by atoms with Crippen molar-refractivity contribution in [1.82, 2.24) is 0 Å². The lowest BCUT2D eigenvalue weighted by molar-refractivity contribution is -0.167. The minimum atomic E-state index is -0.771. The first kappa shape index (κ1) is 62.9. The Bertz CT molecular complexity index is 1050. The van der Waals surface area contributed by atoms with E-state index in [0.717, 1.165) is 64.2 Å². The van der Waals surface area contributed by atoms with Crippen LogP contribution in [0.5, 0.6) is 0 Å². The van der Waals surface area contributed by atoms with Crippen LogP contribution in [0.15, 0.2) is 24.3 Å². The van der Waals surface area contributed by atoms with Crippen molar-refractivity contribution in [2.75, 3.05) is 13.2 Å². The third kappa shape index (κ3) is 52.7. The summed E-state index contributed by atoms with van der Waals surface area (Å²) in [7, 11) is 0. The van der Waals surface area contributed by atoms with Gasteiger partial charge in [0.25, 0.3) is 0 Å². The van der Waals surface area contributed by atoms with Crippen LogP contribution in [0, 0.1) is 0 Å². The Balaban J connectivity index is 4.29. The highest BCUT2D eigenvalue weighted by Crippen LogP contribution is 2.17. The van der Waals surface area contributed by atoms with Crippen molar-refractivity contribution < 1.29 is 28.6 Å². The number of hydrogen-bond acceptors (Lipinski definition) is 6. The van der Waals surface area contributed by atoms with Gasteiger partial charge < -0.3 is 14.2 Å². The van der Waals surface area contributed by atoms with E-state index in [1.807, 2.05) is 0 Å². The molecular formula is C59H110O6. The fraction of sp³-hybridized carbons (Fsp3) is 0.881. The Labute approximate surface area is 404 Å². The Hall–Kier alpha value is -2.11. The number of hydrogen-bond donors (Lipinski definition) is 0. The van der Waals surface area contributed by atoms with Gasteiger partial charge in [-0.15, -0.1) is 0 Å². The highest BCUT2D eigenvalue weighted by molar-refractivity contribution is 5.71. The summed E-state index contributed by atoms with van der Waals surface area (Å²) in [6.45, 7) is 6.64. The van der Waals surface area contributed by atoms with Gasteiger partial charge in [0.2, 0.25) is 0 Å². The van der Waals surface area contributed by atoms with Crippen molar-refractivity contribution in [1.29, 1.82) is 0 Å². The molecule has 0 heterocycles. The van der Waals surface area contributed by atoms with E-state index >= 15 is 0 Å². The number of esters is 3. The predicted molar refractivity (Wildman–Crippen MR) is 279 cm³/mol. The Morgan fingerprint density at radius 3 is 0.815 bits per heavy atom. The largest absolute Gasteiger partial charge is 0.462 e. The van der Waals surface area contributed by atoms with Gasteiger partial charge in [-0.25, -0.2) is 0 Å². The minimum Gasteiger partial charge on any atom is -0.462 e. The van der Waals surface area contributed by atoms with Crippen LogP contribution >= 0.6 is 0 Å². The van der Waals surface area contributed by atoms with Gasteiger partial charge in [-0.1, -0.05) is 257 Å². The zero-order valence-electron chi connectivity index (χ0n) is 43.8. The summed E-state index contributed by atoms with van der Waals surface area (Å²) in [6.07, 6.45) is 63.1. The van der Waals surface area contributed by atoms with Crippen LogP contribution < -0.4 is 0 Å². The first-order valence-corrected chi connectivity index (χ1v) is 28.8. The summed E-state index contributed by atoms with van der Waals surface area (Å²) in [6, 6.07) is 0. The van der Waals surface area contributed by atoms with Crippen molar-refractivity contribution >= 4 is 17.9 Å². The summed E-state index contributed by atoms with van der Waals surface area (Å²) in [5.74, 6) is -0.864. The lowest BCUT2D eigenvalue weighted by Crippen LogP contribution is -2.30. The molecule has 0 unspecified atom stereocenters. The minimum absolute atomic E-state index is 0.0703. The van der Waals surface area contributed by atoms with Gasteiger partial charge in [0.05, 0.1) is 0 Å². The quantitative estimate of drug-likeness (QED) is 0.0262. The third-order valence-corrected chi connectivity index (χ3v) is 12.9. The first-order valence-electron chi connectivity index (χ1n) is 28.8. The van der Waals surface area contributed by atoms with E-state index in [9.17, 15) is 14.4 Å². The fourth-order valence-electron chi connectivity index (χ4n) is 8.54. The molecule has 0 saturated heterocycles. The standard InChI is InChI=1S/C59H110O6/c1-4-7-10-13-16-19-22-24-26-28-29-31-33-35-38-41-44-47-50-53-59(62)65-56(54-63-57(60)51-48-45-42-39-36-21-18-15-12-9-6-3)55-64-58(61)52-49-46-43-40-37-34-32-30-27-25-23-20-17-14-11-8-5-2/h15,18,24,26,56H,4-14,16-17,19-23,25,27-55H2,1-3H3/b18-15-,26-24-/t56-/m1/s1. The molecule has 0 aliphatic heterocycles. The van der Waals surface area contributed by atoms with Crippen molar-refractivity contribution in [2.45, 2.75) is 322 Å². The first-order chi connectivity index (χ1) is 32.0. The molecule has 6 nitrogen and oxygen atoms in total. The lowest BCUT2D eigenvalue weighted by Gasteiger charge is -2.18. The van der Waals surface area contributed by atoms with Crippen LogP contribution in [-0.4, -0.2) is 37.2 Å². The average Bonchev–Trinajstić information content (AvgIpc) is 3.30. The van der Waals surface area contributed by atoms with Crippen molar-refractivity contribution in [3.05, 3.63) is 24.3 Å². The number of rotatable bonds is 53. The Morgan fingerprint density at radius 1 is 0.292 bits per heavy atom.